The van der Waals surface area contributed by atoms with E-state index in [2.05, 4.69) is 26.1 Å². The number of nitrogens with two attached hydrogens (primary N) is 1. The monoisotopic (exact) mass is 365 g/mol. The van der Waals surface area contributed by atoms with Gasteiger partial charge in [0, 0.05) is 5.38 Å². The van der Waals surface area contributed by atoms with Crippen molar-refractivity contribution in [3.05, 3.63) is 11.1 Å². The highest BCUT2D eigenvalue weighted by molar-refractivity contribution is 7.86. The summed E-state index contributed by atoms with van der Waals surface area (Å²) in [7, 11) is -3.71. The van der Waals surface area contributed by atoms with Gasteiger partial charge in [0.25, 0.3) is 5.91 Å². The van der Waals surface area contributed by atoms with Gasteiger partial charge in [0.2, 0.25) is 6.04 Å². The van der Waals surface area contributed by atoms with Crippen molar-refractivity contribution in [3.8, 4) is 0 Å². The predicted octanol–water partition coefficient (Wildman–Crippen LogP) is -3.29. The van der Waals surface area contributed by atoms with Crippen molar-refractivity contribution in [1.29, 1.82) is 0 Å². The lowest BCUT2D eigenvalue weighted by molar-refractivity contribution is -0.410. The topological polar surface area (TPSA) is 191 Å². The third kappa shape index (κ3) is 3.59. The molecule has 13 heteroatoms. The lowest BCUT2D eigenvalue weighted by Crippen LogP contribution is -2.74. The van der Waals surface area contributed by atoms with Gasteiger partial charge < -0.3 is 26.1 Å². The summed E-state index contributed by atoms with van der Waals surface area (Å²) in [5.74, 6) is -2.86. The molecule has 0 aliphatic carbocycles. The van der Waals surface area contributed by atoms with E-state index in [1.54, 1.807) is 5.38 Å². The SMILES string of the molecule is COC(=O)C1C(NC(=O)C([NH3+])c2csc(N)n2)NC1S(=O)(=O)[O-]. The molecular weight excluding hydrogens is 350 g/mol. The van der Waals surface area contributed by atoms with Crippen LogP contribution in [-0.2, 0) is 24.4 Å². The molecule has 4 atom stereocenters. The fraction of sp³-hybridized carbons (Fsp3) is 0.500. The van der Waals surface area contributed by atoms with Gasteiger partial charge in [-0.15, -0.1) is 11.3 Å². The number of aromatic nitrogens is 1. The van der Waals surface area contributed by atoms with Crippen molar-refractivity contribution in [3.63, 3.8) is 0 Å². The van der Waals surface area contributed by atoms with Crippen molar-refractivity contribution < 1.29 is 33.0 Å². The molecule has 0 saturated carbocycles. The largest absolute Gasteiger partial charge is 0.747 e. The molecular formula is C10H15N5O6S2. The molecule has 0 aromatic carbocycles. The number of ether oxygens (including phenoxy) is 1. The average Bonchev–Trinajstić information content (AvgIpc) is 2.86. The minimum absolute atomic E-state index is 0.271. The number of carbonyl (C=O) groups is 2. The number of esters is 1. The molecule has 2 heterocycles. The zero-order chi connectivity index (χ0) is 17.4. The van der Waals surface area contributed by atoms with E-state index in [4.69, 9.17) is 5.73 Å². The number of nitrogens with one attached hydrogen (secondary N) is 2. The third-order valence-electron chi connectivity index (χ3n) is 3.32. The normalized spacial score (nSPS) is 25.3. The van der Waals surface area contributed by atoms with Gasteiger partial charge in [0.05, 0.1) is 13.3 Å². The summed E-state index contributed by atoms with van der Waals surface area (Å²) in [6, 6.07) is -0.911. The summed E-state index contributed by atoms with van der Waals surface area (Å²) in [6.45, 7) is 0. The summed E-state index contributed by atoms with van der Waals surface area (Å²) in [6.07, 6.45) is -1.05. The highest BCUT2D eigenvalue weighted by Crippen LogP contribution is 2.25. The van der Waals surface area contributed by atoms with Crippen LogP contribution in [0.4, 0.5) is 5.13 Å². The van der Waals surface area contributed by atoms with Crippen LogP contribution in [0.25, 0.3) is 0 Å². The molecule has 1 aliphatic rings. The van der Waals surface area contributed by atoms with Crippen molar-refractivity contribution >= 4 is 38.5 Å². The quantitative estimate of drug-likeness (QED) is 0.306. The molecule has 1 fully saturated rings. The fourth-order valence-corrected chi connectivity index (χ4v) is 3.64. The summed E-state index contributed by atoms with van der Waals surface area (Å²) in [5, 5.41) is 4.90. The number of carbonyl (C=O) groups excluding carboxylic acids is 2. The van der Waals surface area contributed by atoms with E-state index in [1.807, 2.05) is 0 Å². The van der Waals surface area contributed by atoms with Crippen LogP contribution in [-0.4, -0.2) is 48.5 Å². The molecule has 1 aromatic rings. The number of quaternary nitrogens is 1. The van der Waals surface area contributed by atoms with Gasteiger partial charge in [0.1, 0.15) is 27.1 Å². The molecule has 128 valence electrons. The standard InChI is InChI=1S/C10H15N5O6S2/c1-21-9(17)4-6(15-8(4)23(18,19)20)14-7(16)5(11)3-2-22-10(12)13-3/h2,4-6,8,15H,11H2,1H3,(H2,12,13)(H,14,16)(H,18,19,20). The maximum atomic E-state index is 12.1. The predicted molar refractivity (Wildman–Crippen MR) is 76.2 cm³/mol. The summed E-state index contributed by atoms with van der Waals surface area (Å²) in [4.78, 5) is 27.6. The molecule has 4 unspecified atom stereocenters. The molecule has 7 N–H and O–H groups in total. The van der Waals surface area contributed by atoms with E-state index >= 15 is 0 Å². The molecule has 2 rings (SSSR count). The van der Waals surface area contributed by atoms with Gasteiger partial charge in [-0.2, -0.15) is 0 Å². The molecule has 1 amide bonds. The van der Waals surface area contributed by atoms with Crippen molar-refractivity contribution in [2.75, 3.05) is 12.8 Å². The summed E-state index contributed by atoms with van der Waals surface area (Å²) >= 11 is 1.14. The lowest BCUT2D eigenvalue weighted by atomic mass is 9.97. The number of rotatable bonds is 5. The number of anilines is 1. The highest BCUT2D eigenvalue weighted by atomic mass is 32.2. The van der Waals surface area contributed by atoms with E-state index < -0.39 is 45.5 Å². The van der Waals surface area contributed by atoms with Gasteiger partial charge in [-0.05, 0) is 0 Å². The van der Waals surface area contributed by atoms with Gasteiger partial charge in [-0.25, -0.2) is 13.4 Å². The Kier molecular flexibility index (Phi) is 4.86. The van der Waals surface area contributed by atoms with Crippen LogP contribution in [0.1, 0.15) is 11.7 Å². The smallest absolute Gasteiger partial charge is 0.314 e. The number of thiazole rings is 1. The molecule has 0 radical (unpaired) electrons. The molecule has 1 aromatic heterocycles. The number of methoxy groups -OCH3 is 1. The Morgan fingerprint density at radius 2 is 2.26 bits per heavy atom. The second kappa shape index (κ2) is 6.37. The lowest BCUT2D eigenvalue weighted by Gasteiger charge is -2.44. The van der Waals surface area contributed by atoms with E-state index in [9.17, 15) is 22.6 Å². The molecule has 11 nitrogen and oxygen atoms in total. The Labute approximate surface area is 135 Å². The van der Waals surface area contributed by atoms with Crippen LogP contribution in [0.2, 0.25) is 0 Å². The van der Waals surface area contributed by atoms with E-state index in [0.717, 1.165) is 18.4 Å². The van der Waals surface area contributed by atoms with Gasteiger partial charge in [-0.3, -0.25) is 14.9 Å². The number of nitrogens with zero attached hydrogens (tertiary/aromatic N) is 1. The minimum atomic E-state index is -4.76. The van der Waals surface area contributed by atoms with E-state index in [-0.39, 0.29) is 5.13 Å². The van der Waals surface area contributed by atoms with E-state index in [1.165, 1.54) is 0 Å². The highest BCUT2D eigenvalue weighted by Gasteiger charge is 2.51. The minimum Gasteiger partial charge on any atom is -0.747 e. The first-order valence-electron chi connectivity index (χ1n) is 6.28. The zero-order valence-electron chi connectivity index (χ0n) is 11.9. The number of amides is 1. The van der Waals surface area contributed by atoms with Crippen LogP contribution < -0.4 is 22.1 Å². The first kappa shape index (κ1) is 17.6. The molecule has 23 heavy (non-hydrogen) atoms. The summed E-state index contributed by atoms with van der Waals surface area (Å²) < 4.78 is 37.6. The van der Waals surface area contributed by atoms with Crippen LogP contribution in [0.5, 0.6) is 0 Å². The van der Waals surface area contributed by atoms with Gasteiger partial charge in [-0.1, -0.05) is 0 Å². The molecule has 0 spiro atoms. The number of hydrogen-bond donors (Lipinski definition) is 4. The maximum absolute atomic E-state index is 12.1. The Hall–Kier alpha value is -1.80. The van der Waals surface area contributed by atoms with Crippen LogP contribution >= 0.6 is 11.3 Å². The third-order valence-corrected chi connectivity index (χ3v) is 5.07. The zero-order valence-corrected chi connectivity index (χ0v) is 13.5. The fourth-order valence-electron chi connectivity index (χ4n) is 2.08. The average molecular weight is 365 g/mol. The second-order valence-corrected chi connectivity index (χ2v) is 7.16. The first-order chi connectivity index (χ1) is 10.6. The Morgan fingerprint density at radius 3 is 2.74 bits per heavy atom. The maximum Gasteiger partial charge on any atom is 0.314 e. The number of nitrogen functional groups attached to an aromatic ring is 1. The van der Waals surface area contributed by atoms with Crippen molar-refractivity contribution in [1.82, 2.24) is 15.6 Å². The number of hydrogen-bond acceptors (Lipinski definition) is 10. The molecule has 0 bridgehead atoms. The van der Waals surface area contributed by atoms with Crippen molar-refractivity contribution in [2.45, 2.75) is 17.6 Å². The summed E-state index contributed by atoms with van der Waals surface area (Å²) in [5.41, 5.74) is 9.46. The Bertz CT molecular complexity index is 719. The molecule has 1 saturated heterocycles. The Morgan fingerprint density at radius 1 is 1.61 bits per heavy atom. The van der Waals surface area contributed by atoms with E-state index in [0.29, 0.717) is 5.69 Å². The van der Waals surface area contributed by atoms with Crippen LogP contribution in [0.3, 0.4) is 0 Å². The van der Waals surface area contributed by atoms with Crippen molar-refractivity contribution in [2.24, 2.45) is 5.92 Å². The van der Waals surface area contributed by atoms with Crippen LogP contribution in [0.15, 0.2) is 5.38 Å². The van der Waals surface area contributed by atoms with Crippen LogP contribution in [0, 0.1) is 5.92 Å². The van der Waals surface area contributed by atoms with Gasteiger partial charge in [0.15, 0.2) is 5.13 Å². The first-order valence-corrected chi connectivity index (χ1v) is 8.63. The Balaban J connectivity index is 2.07. The molecule has 1 aliphatic heterocycles. The van der Waals surface area contributed by atoms with Gasteiger partial charge >= 0.3 is 5.97 Å². The second-order valence-electron chi connectivity index (χ2n) is 4.78.